The summed E-state index contributed by atoms with van der Waals surface area (Å²) in [5.41, 5.74) is 6.35. The highest BCUT2D eigenvalue weighted by atomic mass is 16.1. The number of para-hydroxylation sites is 1. The zero-order valence-electron chi connectivity index (χ0n) is 18.1. The second-order valence-electron chi connectivity index (χ2n) is 8.13. The fourth-order valence-corrected chi connectivity index (χ4v) is 4.68. The number of aryl methyl sites for hydroxylation is 1. The molecule has 0 bridgehead atoms. The Morgan fingerprint density at radius 3 is 1.97 bits per heavy atom. The van der Waals surface area contributed by atoms with Crippen molar-refractivity contribution in [2.75, 3.05) is 0 Å². The van der Waals surface area contributed by atoms with E-state index in [0.717, 1.165) is 44.2 Å². The molecule has 2 heterocycles. The third-order valence-corrected chi connectivity index (χ3v) is 6.23. The third kappa shape index (κ3) is 2.99. The number of nitrogens with zero attached hydrogens (tertiary/aromatic N) is 3. The van der Waals surface area contributed by atoms with E-state index < -0.39 is 0 Å². The van der Waals surface area contributed by atoms with E-state index in [1.165, 1.54) is 0 Å². The molecule has 0 unspecified atom stereocenters. The normalized spacial score (nSPS) is 11.3. The van der Waals surface area contributed by atoms with Gasteiger partial charge in [0.05, 0.1) is 28.5 Å². The number of fused-ring (bicyclic) bond motifs is 2. The molecule has 0 N–H and O–H groups in total. The Morgan fingerprint density at radius 2 is 1.24 bits per heavy atom. The van der Waals surface area contributed by atoms with E-state index in [0.29, 0.717) is 5.56 Å². The van der Waals surface area contributed by atoms with E-state index in [9.17, 15) is 4.79 Å². The first-order valence-electron chi connectivity index (χ1n) is 10.9. The van der Waals surface area contributed by atoms with Crippen LogP contribution in [0.5, 0.6) is 0 Å². The molecular formula is C29H21N3O. The van der Waals surface area contributed by atoms with Gasteiger partial charge in [-0.25, -0.2) is 4.68 Å². The summed E-state index contributed by atoms with van der Waals surface area (Å²) in [6, 6.07) is 34.3. The van der Waals surface area contributed by atoms with Crippen molar-refractivity contribution < 1.29 is 0 Å². The monoisotopic (exact) mass is 427 g/mol. The summed E-state index contributed by atoms with van der Waals surface area (Å²) in [4.78, 5) is 13.7. The van der Waals surface area contributed by atoms with Crippen LogP contribution >= 0.6 is 0 Å². The summed E-state index contributed by atoms with van der Waals surface area (Å²) >= 11 is 0. The number of rotatable bonds is 3. The van der Waals surface area contributed by atoms with Crippen molar-refractivity contribution in [3.8, 4) is 27.9 Å². The first-order valence-corrected chi connectivity index (χ1v) is 10.9. The van der Waals surface area contributed by atoms with Gasteiger partial charge in [0.15, 0.2) is 0 Å². The second kappa shape index (κ2) is 7.61. The summed E-state index contributed by atoms with van der Waals surface area (Å²) in [5.74, 6) is 0. The van der Waals surface area contributed by atoms with Gasteiger partial charge < -0.3 is 4.57 Å². The number of aromatic nitrogens is 3. The molecule has 4 nitrogen and oxygen atoms in total. The van der Waals surface area contributed by atoms with Gasteiger partial charge in [-0.3, -0.25) is 4.79 Å². The van der Waals surface area contributed by atoms with Gasteiger partial charge in [0.25, 0.3) is 5.56 Å². The topological polar surface area (TPSA) is 39.8 Å². The van der Waals surface area contributed by atoms with E-state index >= 15 is 0 Å². The molecule has 0 atom stereocenters. The van der Waals surface area contributed by atoms with Crippen molar-refractivity contribution in [2.45, 2.75) is 0 Å². The lowest BCUT2D eigenvalue weighted by Gasteiger charge is -2.19. The van der Waals surface area contributed by atoms with Gasteiger partial charge in [0, 0.05) is 23.4 Å². The molecule has 0 spiro atoms. The standard InChI is InChI=1S/C29H21N3O/c1-31-24-17-10-18-25(32-23-16-9-8-15-22(23)19-30-32)28(24)26(20-11-4-2-5-12-20)27(29(31)33)21-13-6-3-7-14-21/h2-19H,1H3. The number of pyridine rings is 1. The zero-order valence-corrected chi connectivity index (χ0v) is 18.1. The Bertz CT molecular complexity index is 1680. The molecule has 4 aromatic carbocycles. The van der Waals surface area contributed by atoms with Crippen LogP contribution in [0.15, 0.2) is 114 Å². The Balaban J connectivity index is 1.84. The summed E-state index contributed by atoms with van der Waals surface area (Å²) in [6.45, 7) is 0. The van der Waals surface area contributed by atoms with Crippen molar-refractivity contribution in [2.24, 2.45) is 7.05 Å². The molecule has 0 saturated heterocycles. The highest BCUT2D eigenvalue weighted by Crippen LogP contribution is 2.39. The molecule has 0 amide bonds. The van der Waals surface area contributed by atoms with Gasteiger partial charge in [-0.1, -0.05) is 84.9 Å². The fraction of sp³-hybridized carbons (Fsp3) is 0.0345. The van der Waals surface area contributed by atoms with Gasteiger partial charge >= 0.3 is 0 Å². The molecule has 4 heteroatoms. The summed E-state index contributed by atoms with van der Waals surface area (Å²) in [5, 5.41) is 6.81. The largest absolute Gasteiger partial charge is 0.311 e. The minimum absolute atomic E-state index is 0.0185. The van der Waals surface area contributed by atoms with Crippen molar-refractivity contribution >= 4 is 21.8 Å². The molecular weight excluding hydrogens is 406 g/mol. The average Bonchev–Trinajstić information content (AvgIpc) is 3.31. The maximum absolute atomic E-state index is 13.7. The molecule has 0 aliphatic rings. The minimum atomic E-state index is -0.0185. The zero-order chi connectivity index (χ0) is 22.4. The highest BCUT2D eigenvalue weighted by molar-refractivity contribution is 6.07. The Labute approximate surface area is 191 Å². The van der Waals surface area contributed by atoms with Crippen LogP contribution in [0.3, 0.4) is 0 Å². The number of hydrogen-bond donors (Lipinski definition) is 0. The molecule has 0 radical (unpaired) electrons. The predicted molar refractivity (Wildman–Crippen MR) is 135 cm³/mol. The van der Waals surface area contributed by atoms with Crippen molar-refractivity contribution in [3.05, 3.63) is 120 Å². The van der Waals surface area contributed by atoms with Crippen LogP contribution in [-0.4, -0.2) is 14.3 Å². The molecule has 2 aromatic heterocycles. The van der Waals surface area contributed by atoms with Crippen LogP contribution in [0, 0.1) is 0 Å². The van der Waals surface area contributed by atoms with Crippen LogP contribution < -0.4 is 5.56 Å². The summed E-state index contributed by atoms with van der Waals surface area (Å²) in [6.07, 6.45) is 1.89. The van der Waals surface area contributed by atoms with Crippen LogP contribution in [0.2, 0.25) is 0 Å². The van der Waals surface area contributed by atoms with E-state index in [4.69, 9.17) is 5.10 Å². The third-order valence-electron chi connectivity index (χ3n) is 6.23. The smallest absolute Gasteiger partial charge is 0.259 e. The molecule has 6 aromatic rings. The number of hydrogen-bond acceptors (Lipinski definition) is 2. The molecule has 0 saturated carbocycles. The van der Waals surface area contributed by atoms with Crippen LogP contribution in [0.1, 0.15) is 0 Å². The van der Waals surface area contributed by atoms with E-state index in [-0.39, 0.29) is 5.56 Å². The van der Waals surface area contributed by atoms with E-state index in [2.05, 4.69) is 30.3 Å². The van der Waals surface area contributed by atoms with Gasteiger partial charge in [0.1, 0.15) is 0 Å². The Kier molecular flexibility index (Phi) is 4.44. The van der Waals surface area contributed by atoms with Gasteiger partial charge in [0.2, 0.25) is 0 Å². The van der Waals surface area contributed by atoms with E-state index in [1.807, 2.05) is 90.7 Å². The maximum atomic E-state index is 13.7. The first kappa shape index (κ1) is 19.3. The van der Waals surface area contributed by atoms with Crippen LogP contribution in [-0.2, 0) is 7.05 Å². The first-order chi connectivity index (χ1) is 16.2. The summed E-state index contributed by atoms with van der Waals surface area (Å²) < 4.78 is 3.72. The molecule has 6 rings (SSSR count). The second-order valence-corrected chi connectivity index (χ2v) is 8.13. The Hall–Kier alpha value is -4.44. The van der Waals surface area contributed by atoms with Crippen molar-refractivity contribution in [1.82, 2.24) is 14.3 Å². The highest BCUT2D eigenvalue weighted by Gasteiger charge is 2.21. The SMILES string of the molecule is Cn1c(=O)c(-c2ccccc2)c(-c2ccccc2)c2c(-n3ncc4ccccc43)cccc21. The van der Waals surface area contributed by atoms with Crippen molar-refractivity contribution in [1.29, 1.82) is 0 Å². The lowest BCUT2D eigenvalue weighted by atomic mass is 9.91. The summed E-state index contributed by atoms with van der Waals surface area (Å²) in [7, 11) is 1.84. The predicted octanol–water partition coefficient (Wildman–Crippen LogP) is 6.21. The van der Waals surface area contributed by atoms with E-state index in [1.54, 1.807) is 4.57 Å². The molecule has 0 aliphatic heterocycles. The van der Waals surface area contributed by atoms with Crippen molar-refractivity contribution in [3.63, 3.8) is 0 Å². The lowest BCUT2D eigenvalue weighted by molar-refractivity contribution is 0.896. The lowest BCUT2D eigenvalue weighted by Crippen LogP contribution is -2.21. The minimum Gasteiger partial charge on any atom is -0.311 e. The van der Waals surface area contributed by atoms with Crippen LogP contribution in [0.25, 0.3) is 49.7 Å². The van der Waals surface area contributed by atoms with Crippen LogP contribution in [0.4, 0.5) is 0 Å². The van der Waals surface area contributed by atoms with Gasteiger partial charge in [-0.05, 0) is 29.3 Å². The Morgan fingerprint density at radius 1 is 0.636 bits per heavy atom. The number of benzene rings is 4. The fourth-order valence-electron chi connectivity index (χ4n) is 4.68. The molecule has 158 valence electrons. The van der Waals surface area contributed by atoms with Gasteiger partial charge in [-0.15, -0.1) is 0 Å². The molecule has 0 aliphatic carbocycles. The average molecular weight is 428 g/mol. The van der Waals surface area contributed by atoms with Gasteiger partial charge in [-0.2, -0.15) is 5.10 Å². The quantitative estimate of drug-likeness (QED) is 0.337. The molecule has 33 heavy (non-hydrogen) atoms. The maximum Gasteiger partial charge on any atom is 0.259 e. The molecule has 0 fully saturated rings.